The molecule has 1 N–H and O–H groups in total. The van der Waals surface area contributed by atoms with E-state index in [2.05, 4.69) is 5.32 Å². The van der Waals surface area contributed by atoms with E-state index in [-0.39, 0.29) is 30.2 Å². The summed E-state index contributed by atoms with van der Waals surface area (Å²) in [6.07, 6.45) is 1.39. The van der Waals surface area contributed by atoms with E-state index in [1.54, 1.807) is 23.1 Å². The predicted molar refractivity (Wildman–Crippen MR) is 97.1 cm³/mol. The number of amides is 3. The lowest BCUT2D eigenvalue weighted by atomic mass is 9.94. The van der Waals surface area contributed by atoms with Gasteiger partial charge < -0.3 is 19.9 Å². The van der Waals surface area contributed by atoms with Crippen LogP contribution in [0.1, 0.15) is 37.0 Å². The summed E-state index contributed by atoms with van der Waals surface area (Å²) in [6.45, 7) is 6.53. The Hall–Kier alpha value is -2.57. The van der Waals surface area contributed by atoms with E-state index >= 15 is 0 Å². The molecule has 7 nitrogen and oxygen atoms in total. The Morgan fingerprint density at radius 1 is 1.23 bits per heavy atom. The number of rotatable bonds is 4. The maximum Gasteiger partial charge on any atom is 0.262 e. The van der Waals surface area contributed by atoms with Crippen LogP contribution in [0.25, 0.3) is 0 Å². The summed E-state index contributed by atoms with van der Waals surface area (Å²) in [5.41, 5.74) is 1.12. The number of hydrogen-bond donors (Lipinski definition) is 1. The standard InChI is InChI=1S/C19H25N3O4/c1-3-21(4-2)18(24)13-7-9-22(10-8-13)19(25)14-5-6-15-16(11-14)26-12-17(23)20-15/h5-6,11,13H,3-4,7-10,12H2,1-2H3,(H,20,23). The van der Waals surface area contributed by atoms with Crippen LogP contribution in [0.3, 0.4) is 0 Å². The molecule has 0 aliphatic carbocycles. The van der Waals surface area contributed by atoms with E-state index in [1.807, 2.05) is 18.7 Å². The third kappa shape index (κ3) is 3.66. The van der Waals surface area contributed by atoms with Crippen molar-refractivity contribution in [2.45, 2.75) is 26.7 Å². The summed E-state index contributed by atoms with van der Waals surface area (Å²) in [7, 11) is 0. The molecule has 3 amide bonds. The highest BCUT2D eigenvalue weighted by Crippen LogP contribution is 2.29. The number of carbonyl (C=O) groups excluding carboxylic acids is 3. The van der Waals surface area contributed by atoms with Crippen molar-refractivity contribution >= 4 is 23.4 Å². The second-order valence-electron chi connectivity index (χ2n) is 6.62. The molecule has 1 saturated heterocycles. The Morgan fingerprint density at radius 3 is 2.58 bits per heavy atom. The van der Waals surface area contributed by atoms with Gasteiger partial charge in [-0.3, -0.25) is 14.4 Å². The van der Waals surface area contributed by atoms with Crippen LogP contribution in [0, 0.1) is 5.92 Å². The average molecular weight is 359 g/mol. The minimum Gasteiger partial charge on any atom is -0.482 e. The highest BCUT2D eigenvalue weighted by molar-refractivity contribution is 5.99. The molecule has 1 aromatic carbocycles. The van der Waals surface area contributed by atoms with Crippen molar-refractivity contribution < 1.29 is 19.1 Å². The summed E-state index contributed by atoms with van der Waals surface area (Å²) in [5.74, 6) is 0.446. The van der Waals surface area contributed by atoms with Crippen LogP contribution in [0.5, 0.6) is 5.75 Å². The van der Waals surface area contributed by atoms with Gasteiger partial charge in [0.25, 0.3) is 11.8 Å². The fourth-order valence-electron chi connectivity index (χ4n) is 3.51. The van der Waals surface area contributed by atoms with Gasteiger partial charge in [-0.2, -0.15) is 0 Å². The number of likely N-dealkylation sites (tertiary alicyclic amines) is 1. The molecule has 140 valence electrons. The molecule has 2 aliphatic rings. The smallest absolute Gasteiger partial charge is 0.262 e. The third-order valence-electron chi connectivity index (χ3n) is 5.07. The summed E-state index contributed by atoms with van der Waals surface area (Å²) in [4.78, 5) is 40.2. The molecule has 0 spiro atoms. The number of hydrogen-bond acceptors (Lipinski definition) is 4. The number of nitrogens with zero attached hydrogens (tertiary/aromatic N) is 2. The van der Waals surface area contributed by atoms with Gasteiger partial charge in [-0.25, -0.2) is 0 Å². The van der Waals surface area contributed by atoms with Crippen LogP contribution in [0.4, 0.5) is 5.69 Å². The fraction of sp³-hybridized carbons (Fsp3) is 0.526. The Kier molecular flexibility index (Phi) is 5.44. The first-order valence-electron chi connectivity index (χ1n) is 9.18. The molecule has 0 radical (unpaired) electrons. The number of nitrogens with one attached hydrogen (secondary N) is 1. The van der Waals surface area contributed by atoms with Crippen molar-refractivity contribution in [3.63, 3.8) is 0 Å². The van der Waals surface area contributed by atoms with Crippen LogP contribution < -0.4 is 10.1 Å². The number of fused-ring (bicyclic) bond motifs is 1. The van der Waals surface area contributed by atoms with Gasteiger partial charge in [0, 0.05) is 37.7 Å². The third-order valence-corrected chi connectivity index (χ3v) is 5.07. The maximum atomic E-state index is 12.8. The van der Waals surface area contributed by atoms with Crippen LogP contribution in [0.2, 0.25) is 0 Å². The summed E-state index contributed by atoms with van der Waals surface area (Å²) >= 11 is 0. The largest absolute Gasteiger partial charge is 0.482 e. The maximum absolute atomic E-state index is 12.8. The van der Waals surface area contributed by atoms with Crippen LogP contribution in [-0.2, 0) is 9.59 Å². The highest BCUT2D eigenvalue weighted by Gasteiger charge is 2.30. The minimum atomic E-state index is -0.198. The zero-order chi connectivity index (χ0) is 18.7. The van der Waals surface area contributed by atoms with Crippen molar-refractivity contribution in [1.82, 2.24) is 9.80 Å². The zero-order valence-corrected chi connectivity index (χ0v) is 15.3. The van der Waals surface area contributed by atoms with Crippen molar-refractivity contribution in [2.24, 2.45) is 5.92 Å². The Labute approximate surface area is 153 Å². The molecule has 1 aromatic rings. The second kappa shape index (κ2) is 7.76. The van der Waals surface area contributed by atoms with Crippen LogP contribution >= 0.6 is 0 Å². The molecule has 3 rings (SSSR count). The number of carbonyl (C=O) groups is 3. The van der Waals surface area contributed by atoms with Crippen LogP contribution in [0.15, 0.2) is 18.2 Å². The van der Waals surface area contributed by atoms with Crippen molar-refractivity contribution in [2.75, 3.05) is 38.1 Å². The quantitative estimate of drug-likeness (QED) is 0.888. The van der Waals surface area contributed by atoms with Gasteiger partial charge in [0.1, 0.15) is 5.75 Å². The minimum absolute atomic E-state index is 0.000953. The van der Waals surface area contributed by atoms with Gasteiger partial charge in [-0.05, 0) is 44.9 Å². The topological polar surface area (TPSA) is 79.0 Å². The molecular weight excluding hydrogens is 334 g/mol. The molecule has 26 heavy (non-hydrogen) atoms. The summed E-state index contributed by atoms with van der Waals surface area (Å²) < 4.78 is 5.38. The molecule has 2 heterocycles. The molecule has 0 unspecified atom stereocenters. The number of anilines is 1. The SMILES string of the molecule is CCN(CC)C(=O)C1CCN(C(=O)c2ccc3c(c2)OCC(=O)N3)CC1. The Balaban J connectivity index is 1.62. The van der Waals surface area contributed by atoms with Gasteiger partial charge in [-0.15, -0.1) is 0 Å². The van der Waals surface area contributed by atoms with Crippen molar-refractivity contribution in [3.8, 4) is 5.75 Å². The van der Waals surface area contributed by atoms with E-state index in [1.165, 1.54) is 0 Å². The Morgan fingerprint density at radius 2 is 1.92 bits per heavy atom. The molecule has 0 bridgehead atoms. The van der Waals surface area contributed by atoms with Gasteiger partial charge >= 0.3 is 0 Å². The molecule has 1 fully saturated rings. The van der Waals surface area contributed by atoms with Crippen molar-refractivity contribution in [1.29, 1.82) is 0 Å². The first kappa shape index (κ1) is 18.2. The molecular formula is C19H25N3O4. The number of ether oxygens (including phenoxy) is 1. The monoisotopic (exact) mass is 359 g/mol. The van der Waals surface area contributed by atoms with Gasteiger partial charge in [0.15, 0.2) is 6.61 Å². The summed E-state index contributed by atoms with van der Waals surface area (Å²) in [5, 5.41) is 2.71. The Bertz CT molecular complexity index is 707. The first-order chi connectivity index (χ1) is 12.5. The lowest BCUT2D eigenvalue weighted by Crippen LogP contribution is -2.44. The molecule has 2 aliphatic heterocycles. The lowest BCUT2D eigenvalue weighted by molar-refractivity contribution is -0.136. The van der Waals surface area contributed by atoms with E-state index in [9.17, 15) is 14.4 Å². The molecule has 7 heteroatoms. The molecule has 0 aromatic heterocycles. The fourth-order valence-corrected chi connectivity index (χ4v) is 3.51. The van der Waals surface area contributed by atoms with E-state index in [0.29, 0.717) is 42.9 Å². The van der Waals surface area contributed by atoms with E-state index in [4.69, 9.17) is 4.74 Å². The second-order valence-corrected chi connectivity index (χ2v) is 6.62. The zero-order valence-electron chi connectivity index (χ0n) is 15.3. The number of benzene rings is 1. The highest BCUT2D eigenvalue weighted by atomic mass is 16.5. The first-order valence-corrected chi connectivity index (χ1v) is 9.18. The molecule has 0 saturated carbocycles. The summed E-state index contributed by atoms with van der Waals surface area (Å²) in [6, 6.07) is 5.06. The van der Waals surface area contributed by atoms with E-state index < -0.39 is 0 Å². The number of piperidine rings is 1. The molecule has 0 atom stereocenters. The van der Waals surface area contributed by atoms with Crippen molar-refractivity contribution in [3.05, 3.63) is 23.8 Å². The van der Waals surface area contributed by atoms with Gasteiger partial charge in [0.05, 0.1) is 5.69 Å². The predicted octanol–water partition coefficient (Wildman–Crippen LogP) is 1.74. The average Bonchev–Trinajstić information content (AvgIpc) is 2.68. The van der Waals surface area contributed by atoms with Gasteiger partial charge in [-0.1, -0.05) is 0 Å². The normalized spacial score (nSPS) is 17.2. The van der Waals surface area contributed by atoms with E-state index in [0.717, 1.165) is 13.1 Å². The van der Waals surface area contributed by atoms with Crippen LogP contribution in [-0.4, -0.2) is 60.3 Å². The van der Waals surface area contributed by atoms with Gasteiger partial charge in [0.2, 0.25) is 5.91 Å². The lowest BCUT2D eigenvalue weighted by Gasteiger charge is -2.34.